The fourth-order valence-corrected chi connectivity index (χ4v) is 1.77. The number of nitrogens with one attached hydrogen (secondary N) is 1. The maximum atomic E-state index is 12.8. The van der Waals surface area contributed by atoms with E-state index in [4.69, 9.17) is 16.3 Å². The van der Waals surface area contributed by atoms with E-state index in [9.17, 15) is 9.18 Å². The lowest BCUT2D eigenvalue weighted by Gasteiger charge is -2.14. The van der Waals surface area contributed by atoms with E-state index in [2.05, 4.69) is 5.32 Å². The van der Waals surface area contributed by atoms with Crippen LogP contribution in [0.1, 0.15) is 6.92 Å². The molecular weight excluding hydrogens is 281 g/mol. The topological polar surface area (TPSA) is 38.3 Å². The predicted octanol–water partition coefficient (Wildman–Crippen LogP) is 3.89. The summed E-state index contributed by atoms with van der Waals surface area (Å²) in [4.78, 5) is 11.9. The molecule has 2 rings (SSSR count). The number of hydrogen-bond acceptors (Lipinski definition) is 2. The lowest BCUT2D eigenvalue weighted by Crippen LogP contribution is -2.30. The molecule has 0 saturated heterocycles. The largest absolute Gasteiger partial charge is 0.481 e. The van der Waals surface area contributed by atoms with E-state index >= 15 is 0 Å². The number of amides is 1. The molecule has 0 heterocycles. The van der Waals surface area contributed by atoms with Crippen molar-refractivity contribution in [3.63, 3.8) is 0 Å². The number of anilines is 1. The lowest BCUT2D eigenvalue weighted by molar-refractivity contribution is -0.122. The van der Waals surface area contributed by atoms with E-state index in [1.807, 2.05) is 0 Å². The fourth-order valence-electron chi connectivity index (χ4n) is 1.58. The highest BCUT2D eigenvalue weighted by Crippen LogP contribution is 2.17. The Bertz CT molecular complexity index is 601. The minimum absolute atomic E-state index is 0.309. The summed E-state index contributed by atoms with van der Waals surface area (Å²) in [6, 6.07) is 12.3. The van der Waals surface area contributed by atoms with E-state index < -0.39 is 6.10 Å². The van der Waals surface area contributed by atoms with Crippen LogP contribution in [0.15, 0.2) is 48.5 Å². The molecule has 2 aromatic carbocycles. The Morgan fingerprint density at radius 3 is 2.60 bits per heavy atom. The summed E-state index contributed by atoms with van der Waals surface area (Å²) in [6.07, 6.45) is -0.709. The molecular formula is C15H13ClFNO2. The van der Waals surface area contributed by atoms with Gasteiger partial charge in [-0.05, 0) is 49.4 Å². The molecule has 0 aromatic heterocycles. The molecule has 0 aliphatic carbocycles. The number of ether oxygens (including phenoxy) is 1. The molecule has 0 saturated carbocycles. The quantitative estimate of drug-likeness (QED) is 0.929. The van der Waals surface area contributed by atoms with Gasteiger partial charge in [-0.15, -0.1) is 0 Å². The van der Waals surface area contributed by atoms with Crippen LogP contribution in [0.5, 0.6) is 5.75 Å². The summed E-state index contributed by atoms with van der Waals surface area (Å²) < 4.78 is 18.2. The molecule has 0 aliphatic rings. The molecule has 0 radical (unpaired) electrons. The molecule has 20 heavy (non-hydrogen) atoms. The lowest BCUT2D eigenvalue weighted by atomic mass is 10.3. The van der Waals surface area contributed by atoms with Crippen LogP contribution in [0.2, 0.25) is 5.02 Å². The standard InChI is InChI=1S/C15H13ClFNO2/c1-10(20-14-7-5-12(17)6-8-14)15(19)18-13-4-2-3-11(16)9-13/h2-10H,1H3,(H,18,19)/t10-/m0/s1. The zero-order chi connectivity index (χ0) is 14.5. The predicted molar refractivity (Wildman–Crippen MR) is 76.6 cm³/mol. The average molecular weight is 294 g/mol. The molecule has 3 nitrogen and oxygen atoms in total. The fraction of sp³-hybridized carbons (Fsp3) is 0.133. The number of carbonyl (C=O) groups is 1. The Kier molecular flexibility index (Phi) is 4.58. The van der Waals surface area contributed by atoms with Crippen LogP contribution < -0.4 is 10.1 Å². The highest BCUT2D eigenvalue weighted by molar-refractivity contribution is 6.30. The van der Waals surface area contributed by atoms with Crippen LogP contribution in [0.3, 0.4) is 0 Å². The van der Waals surface area contributed by atoms with E-state index in [0.29, 0.717) is 16.5 Å². The third kappa shape index (κ3) is 3.96. The van der Waals surface area contributed by atoms with Crippen LogP contribution in [0.25, 0.3) is 0 Å². The summed E-state index contributed by atoms with van der Waals surface area (Å²) in [5, 5.41) is 3.23. The summed E-state index contributed by atoms with van der Waals surface area (Å²) in [6.45, 7) is 1.61. The van der Waals surface area contributed by atoms with Crippen LogP contribution >= 0.6 is 11.6 Å². The number of benzene rings is 2. The van der Waals surface area contributed by atoms with Crippen molar-refractivity contribution in [3.8, 4) is 5.75 Å². The van der Waals surface area contributed by atoms with Gasteiger partial charge in [0.25, 0.3) is 5.91 Å². The van der Waals surface area contributed by atoms with Crippen molar-refractivity contribution in [3.05, 3.63) is 59.4 Å². The monoisotopic (exact) mass is 293 g/mol. The summed E-state index contributed by atoms with van der Waals surface area (Å²) >= 11 is 5.83. The Balaban J connectivity index is 1.96. The van der Waals surface area contributed by atoms with Gasteiger partial charge in [-0.3, -0.25) is 4.79 Å². The number of rotatable bonds is 4. The number of carbonyl (C=O) groups excluding carboxylic acids is 1. The summed E-state index contributed by atoms with van der Waals surface area (Å²) in [5.41, 5.74) is 0.594. The number of hydrogen-bond donors (Lipinski definition) is 1. The Labute approximate surface area is 121 Å². The first kappa shape index (κ1) is 14.3. The molecule has 1 N–H and O–H groups in total. The minimum Gasteiger partial charge on any atom is -0.481 e. The van der Waals surface area contributed by atoms with Crippen molar-refractivity contribution in [2.45, 2.75) is 13.0 Å². The number of halogens is 2. The van der Waals surface area contributed by atoms with Gasteiger partial charge in [0.1, 0.15) is 11.6 Å². The van der Waals surface area contributed by atoms with E-state index in [0.717, 1.165) is 0 Å². The molecule has 1 atom stereocenters. The molecule has 0 unspecified atom stereocenters. The summed E-state index contributed by atoms with van der Waals surface area (Å²) in [5.74, 6) is -0.231. The van der Waals surface area contributed by atoms with Crippen LogP contribution in [0, 0.1) is 5.82 Å². The van der Waals surface area contributed by atoms with Gasteiger partial charge in [0.05, 0.1) is 0 Å². The Morgan fingerprint density at radius 1 is 1.25 bits per heavy atom. The zero-order valence-corrected chi connectivity index (χ0v) is 11.5. The van der Waals surface area contributed by atoms with Gasteiger partial charge in [-0.2, -0.15) is 0 Å². The first-order valence-electron chi connectivity index (χ1n) is 6.03. The summed E-state index contributed by atoms with van der Waals surface area (Å²) in [7, 11) is 0. The van der Waals surface area contributed by atoms with Gasteiger partial charge in [0.2, 0.25) is 0 Å². The van der Waals surface area contributed by atoms with E-state index in [-0.39, 0.29) is 11.7 Å². The molecule has 2 aromatic rings. The first-order chi connectivity index (χ1) is 9.54. The van der Waals surface area contributed by atoms with Gasteiger partial charge in [0, 0.05) is 10.7 Å². The maximum Gasteiger partial charge on any atom is 0.265 e. The van der Waals surface area contributed by atoms with Crippen molar-refractivity contribution in [2.24, 2.45) is 0 Å². The van der Waals surface area contributed by atoms with Crippen molar-refractivity contribution in [1.29, 1.82) is 0 Å². The van der Waals surface area contributed by atoms with Crippen molar-refractivity contribution >= 4 is 23.2 Å². The molecule has 0 aliphatic heterocycles. The van der Waals surface area contributed by atoms with Gasteiger partial charge in [0.15, 0.2) is 6.10 Å². The Morgan fingerprint density at radius 2 is 1.95 bits per heavy atom. The smallest absolute Gasteiger partial charge is 0.265 e. The molecule has 0 bridgehead atoms. The minimum atomic E-state index is -0.709. The normalized spacial score (nSPS) is 11.8. The van der Waals surface area contributed by atoms with E-state index in [1.54, 1.807) is 31.2 Å². The Hall–Kier alpha value is -2.07. The van der Waals surface area contributed by atoms with Gasteiger partial charge in [-0.1, -0.05) is 17.7 Å². The van der Waals surface area contributed by atoms with Crippen LogP contribution in [0.4, 0.5) is 10.1 Å². The highest BCUT2D eigenvalue weighted by atomic mass is 35.5. The van der Waals surface area contributed by atoms with Crippen molar-refractivity contribution in [2.75, 3.05) is 5.32 Å². The third-order valence-electron chi connectivity index (χ3n) is 2.59. The van der Waals surface area contributed by atoms with Crippen LogP contribution in [-0.4, -0.2) is 12.0 Å². The van der Waals surface area contributed by atoms with Gasteiger partial charge in [-0.25, -0.2) is 4.39 Å². The van der Waals surface area contributed by atoms with Crippen molar-refractivity contribution < 1.29 is 13.9 Å². The van der Waals surface area contributed by atoms with Gasteiger partial charge < -0.3 is 10.1 Å². The zero-order valence-electron chi connectivity index (χ0n) is 10.8. The van der Waals surface area contributed by atoms with Crippen molar-refractivity contribution in [1.82, 2.24) is 0 Å². The molecule has 0 spiro atoms. The first-order valence-corrected chi connectivity index (χ1v) is 6.41. The molecule has 1 amide bonds. The molecule has 0 fully saturated rings. The third-order valence-corrected chi connectivity index (χ3v) is 2.82. The highest BCUT2D eigenvalue weighted by Gasteiger charge is 2.14. The van der Waals surface area contributed by atoms with E-state index in [1.165, 1.54) is 24.3 Å². The molecule has 104 valence electrons. The second-order valence-corrected chi connectivity index (χ2v) is 4.65. The SMILES string of the molecule is C[C@H](Oc1ccc(F)cc1)C(=O)Nc1cccc(Cl)c1. The van der Waals surface area contributed by atoms with Gasteiger partial charge >= 0.3 is 0 Å². The molecule has 5 heteroatoms. The second kappa shape index (κ2) is 6.39. The maximum absolute atomic E-state index is 12.8. The second-order valence-electron chi connectivity index (χ2n) is 4.21. The van der Waals surface area contributed by atoms with Crippen LogP contribution in [-0.2, 0) is 4.79 Å². The average Bonchev–Trinajstić information content (AvgIpc) is 2.41.